The number of fused-ring (bicyclic) bond motifs is 13. The fraction of sp³-hybridized carbons (Fsp3) is 0.362. The van der Waals surface area contributed by atoms with Crippen LogP contribution in [0.25, 0.3) is 11.0 Å². The maximum Gasteiger partial charge on any atom is 0.339 e. The van der Waals surface area contributed by atoms with E-state index in [1.54, 1.807) is 19.1 Å². The van der Waals surface area contributed by atoms with Crippen LogP contribution in [0.15, 0.2) is 142 Å². The van der Waals surface area contributed by atoms with Crippen LogP contribution >= 0.6 is 0 Å². The highest BCUT2D eigenvalue weighted by Gasteiger charge is 2.53. The summed E-state index contributed by atoms with van der Waals surface area (Å²) in [6.45, 7) is 2.98. The molecule has 68 heavy (non-hydrogen) atoms. The van der Waals surface area contributed by atoms with E-state index in [1.165, 1.54) is 23.8 Å². The van der Waals surface area contributed by atoms with E-state index in [9.17, 15) is 24.6 Å². The van der Waals surface area contributed by atoms with E-state index in [2.05, 4.69) is 84.9 Å². The van der Waals surface area contributed by atoms with Crippen molar-refractivity contribution in [3.8, 4) is 5.75 Å². The van der Waals surface area contributed by atoms with Crippen LogP contribution in [0.2, 0.25) is 0 Å². The van der Waals surface area contributed by atoms with Gasteiger partial charge in [-0.3, -0.25) is 4.79 Å². The predicted octanol–water partition coefficient (Wildman–Crippen LogP) is 9.87. The van der Waals surface area contributed by atoms with Gasteiger partial charge in [-0.2, -0.15) is 0 Å². The third-order valence-corrected chi connectivity index (χ3v) is 13.7. The minimum Gasteiger partial charge on any atom is -0.483 e. The molecule has 6 aromatic rings. The number of hydrogen-bond donors (Lipinski definition) is 2. The summed E-state index contributed by atoms with van der Waals surface area (Å²) in [5.74, 6) is -1.000. The smallest absolute Gasteiger partial charge is 0.339 e. The number of esters is 2. The Morgan fingerprint density at radius 2 is 1.44 bits per heavy atom. The summed E-state index contributed by atoms with van der Waals surface area (Å²) in [6, 6.07) is 40.9. The number of methoxy groups -OCH3 is 1. The van der Waals surface area contributed by atoms with Crippen molar-refractivity contribution in [1.29, 1.82) is 0 Å². The molecular weight excluding hydrogens is 857 g/mol. The van der Waals surface area contributed by atoms with Gasteiger partial charge in [0.1, 0.15) is 16.9 Å². The summed E-state index contributed by atoms with van der Waals surface area (Å²) in [6.07, 6.45) is 3.15. The van der Waals surface area contributed by atoms with Gasteiger partial charge in [-0.05, 0) is 134 Å². The predicted molar refractivity (Wildman–Crippen MR) is 261 cm³/mol. The molecule has 10 heteroatoms. The molecule has 9 rings (SSSR count). The van der Waals surface area contributed by atoms with Gasteiger partial charge in [-0.25, -0.2) is 9.59 Å². The molecule has 0 fully saturated rings. The number of aliphatic hydroxyl groups excluding tert-OH is 2. The first-order valence-electron chi connectivity index (χ1n) is 23.9. The van der Waals surface area contributed by atoms with Gasteiger partial charge in [0.15, 0.2) is 12.2 Å². The van der Waals surface area contributed by atoms with Gasteiger partial charge >= 0.3 is 17.6 Å². The summed E-state index contributed by atoms with van der Waals surface area (Å²) >= 11 is 0. The molecule has 3 aliphatic heterocycles. The molecule has 1 aromatic heterocycles. The molecule has 0 amide bonds. The van der Waals surface area contributed by atoms with Gasteiger partial charge < -0.3 is 33.6 Å². The fourth-order valence-electron chi connectivity index (χ4n) is 9.95. The maximum absolute atomic E-state index is 14.9. The van der Waals surface area contributed by atoms with E-state index >= 15 is 0 Å². The van der Waals surface area contributed by atoms with Gasteiger partial charge in [0.05, 0.1) is 25.4 Å². The average Bonchev–Trinajstić information content (AvgIpc) is 3.34. The second-order valence-electron chi connectivity index (χ2n) is 18.6. The highest BCUT2D eigenvalue weighted by atomic mass is 16.6. The van der Waals surface area contributed by atoms with Gasteiger partial charge in [-0.1, -0.05) is 109 Å². The molecule has 0 aliphatic carbocycles. The molecule has 4 heterocycles. The Hall–Kier alpha value is -6.33. The van der Waals surface area contributed by atoms with Crippen LogP contribution in [-0.4, -0.2) is 54.2 Å². The molecule has 4 unspecified atom stereocenters. The number of aryl methyl sites for hydroxylation is 3. The molecular formula is C58H62O10. The lowest BCUT2D eigenvalue weighted by molar-refractivity contribution is -0.192. The fourth-order valence-corrected chi connectivity index (χ4v) is 9.95. The van der Waals surface area contributed by atoms with Crippen molar-refractivity contribution in [2.24, 2.45) is 5.92 Å². The second kappa shape index (κ2) is 22.2. The van der Waals surface area contributed by atoms with E-state index in [1.807, 2.05) is 31.2 Å². The first kappa shape index (κ1) is 48.1. The average molecular weight is 919 g/mol. The first-order valence-corrected chi connectivity index (χ1v) is 23.9. The Labute approximate surface area is 398 Å². The van der Waals surface area contributed by atoms with Crippen molar-refractivity contribution in [3.63, 3.8) is 0 Å². The minimum absolute atomic E-state index is 0.0517. The zero-order valence-electron chi connectivity index (χ0n) is 39.3. The van der Waals surface area contributed by atoms with Crippen LogP contribution < -0.4 is 10.4 Å². The molecule has 354 valence electrons. The largest absolute Gasteiger partial charge is 0.483 e. The van der Waals surface area contributed by atoms with Crippen molar-refractivity contribution in [3.05, 3.63) is 193 Å². The maximum atomic E-state index is 14.9. The van der Waals surface area contributed by atoms with Crippen LogP contribution in [-0.2, 0) is 68.9 Å². The van der Waals surface area contributed by atoms with Crippen molar-refractivity contribution < 1.29 is 43.2 Å². The SMILES string of the molecule is COCCc1c(CO)c2ccc3c(c2oc1=O)C1OC(=O)CC(CCc2cccc(Cc4ccccc4)c2)Cc2ccc(cc2)CCC(=C(C)CO)C(=O)OC1C(C)(CCCc1ccccc1)O3. The standard InChI is InChI=1S/C58H62O10/c1-38(36-59)46-26-25-40-19-21-43(22-20-40)34-45(24-23-42-16-10-17-44(33-42)32-41-14-8-5-9-15-41)35-51(61)65-54-52-50(28-27-47-49(37-60)48(29-31-64-3)57(63)66-53(47)52)68-58(2,55(54)67-56(46)62)30-11-18-39-12-6-4-7-13-39/h4-10,12-17,19-22,27-28,33,45,54-55,59-60H,11,18,23-26,29-32,34-37H2,1-3H3. The van der Waals surface area contributed by atoms with Crippen molar-refractivity contribution in [2.75, 3.05) is 20.3 Å². The second-order valence-corrected chi connectivity index (χ2v) is 18.6. The van der Waals surface area contributed by atoms with Crippen LogP contribution in [0.1, 0.15) is 102 Å². The van der Waals surface area contributed by atoms with Crippen LogP contribution in [0.5, 0.6) is 5.75 Å². The van der Waals surface area contributed by atoms with E-state index < -0.39 is 42.0 Å². The number of carbonyl (C=O) groups is 2. The van der Waals surface area contributed by atoms with Crippen LogP contribution in [0, 0.1) is 5.92 Å². The summed E-state index contributed by atoms with van der Waals surface area (Å²) in [7, 11) is 1.53. The highest BCUT2D eigenvalue weighted by molar-refractivity contribution is 5.90. The lowest BCUT2D eigenvalue weighted by Gasteiger charge is -2.45. The quantitative estimate of drug-likeness (QED) is 0.0616. The molecule has 0 spiro atoms. The van der Waals surface area contributed by atoms with Gasteiger partial charge in [0.2, 0.25) is 0 Å². The number of rotatable bonds is 14. The third kappa shape index (κ3) is 11.3. The van der Waals surface area contributed by atoms with Gasteiger partial charge in [0, 0.05) is 36.5 Å². The molecule has 2 bridgehead atoms. The first-order chi connectivity index (χ1) is 33.0. The molecule has 5 aromatic carbocycles. The Morgan fingerprint density at radius 3 is 2.16 bits per heavy atom. The van der Waals surface area contributed by atoms with E-state index in [-0.39, 0.29) is 55.1 Å². The molecule has 0 radical (unpaired) electrons. The van der Waals surface area contributed by atoms with E-state index in [0.717, 1.165) is 29.5 Å². The minimum atomic E-state index is -1.29. The lowest BCUT2D eigenvalue weighted by Crippen LogP contribution is -2.54. The molecule has 0 saturated carbocycles. The summed E-state index contributed by atoms with van der Waals surface area (Å²) in [4.78, 5) is 43.5. The number of aliphatic hydroxyl groups is 2. The Morgan fingerprint density at radius 1 is 0.735 bits per heavy atom. The van der Waals surface area contributed by atoms with Crippen molar-refractivity contribution >= 4 is 22.9 Å². The topological polar surface area (TPSA) is 142 Å². The van der Waals surface area contributed by atoms with E-state index in [4.69, 9.17) is 23.4 Å². The van der Waals surface area contributed by atoms with Gasteiger partial charge in [-0.15, -0.1) is 0 Å². The molecule has 2 N–H and O–H groups in total. The van der Waals surface area contributed by atoms with Crippen LogP contribution in [0.4, 0.5) is 0 Å². The normalized spacial score (nSPS) is 20.5. The Balaban J connectivity index is 1.21. The molecule has 3 aliphatic rings. The van der Waals surface area contributed by atoms with Crippen LogP contribution in [0.3, 0.4) is 0 Å². The zero-order valence-corrected chi connectivity index (χ0v) is 39.3. The van der Waals surface area contributed by atoms with E-state index in [0.29, 0.717) is 66.4 Å². The Bertz CT molecular complexity index is 2780. The van der Waals surface area contributed by atoms with Crippen molar-refractivity contribution in [2.45, 2.75) is 109 Å². The molecule has 0 saturated heterocycles. The zero-order chi connectivity index (χ0) is 47.6. The van der Waals surface area contributed by atoms with Gasteiger partial charge in [0.25, 0.3) is 0 Å². The number of benzene rings is 5. The van der Waals surface area contributed by atoms with Crippen molar-refractivity contribution in [1.82, 2.24) is 0 Å². The summed E-state index contributed by atoms with van der Waals surface area (Å²) in [5, 5.41) is 21.6. The third-order valence-electron chi connectivity index (χ3n) is 13.7. The lowest BCUT2D eigenvalue weighted by atomic mass is 9.81. The Kier molecular flexibility index (Phi) is 15.7. The number of ether oxygens (including phenoxy) is 4. The summed E-state index contributed by atoms with van der Waals surface area (Å²) < 4.78 is 31.8. The number of carbonyl (C=O) groups excluding carboxylic acids is 2. The molecule has 10 nitrogen and oxygen atoms in total. The number of hydrogen-bond acceptors (Lipinski definition) is 10. The summed E-state index contributed by atoms with van der Waals surface area (Å²) in [5.41, 5.74) is 6.67. The molecule has 4 atom stereocenters. The highest BCUT2D eigenvalue weighted by Crippen LogP contribution is 2.49. The monoisotopic (exact) mass is 918 g/mol.